The molecule has 3 fully saturated rings. The Balaban J connectivity index is 0.00000225. The maximum absolute atomic E-state index is 5.68. The van der Waals surface area contributed by atoms with Crippen LogP contribution in [0.25, 0.3) is 0 Å². The second-order valence-electron chi connectivity index (χ2n) is 8.16. The fourth-order valence-electron chi connectivity index (χ4n) is 4.83. The van der Waals surface area contributed by atoms with Crippen LogP contribution in [0.2, 0.25) is 0 Å². The topological polar surface area (TPSA) is 52.7 Å². The van der Waals surface area contributed by atoms with E-state index in [1.165, 1.54) is 24.8 Å². The third-order valence-corrected chi connectivity index (χ3v) is 6.56. The van der Waals surface area contributed by atoms with Crippen molar-refractivity contribution in [2.45, 2.75) is 44.8 Å². The highest BCUT2D eigenvalue weighted by Crippen LogP contribution is 2.29. The molecule has 3 heterocycles. The van der Waals surface area contributed by atoms with E-state index in [0.717, 1.165) is 64.8 Å². The Morgan fingerprint density at radius 1 is 1.21 bits per heavy atom. The Morgan fingerprint density at radius 2 is 2.07 bits per heavy atom. The number of aromatic nitrogens is 1. The Labute approximate surface area is 175 Å². The first-order valence-electron chi connectivity index (χ1n) is 10.8. The van der Waals surface area contributed by atoms with Crippen LogP contribution in [-0.2, 0) is 11.3 Å². The number of hydrogen-bond donors (Lipinski definition) is 2. The van der Waals surface area contributed by atoms with Gasteiger partial charge >= 0.3 is 0 Å². The van der Waals surface area contributed by atoms with Gasteiger partial charge in [0.1, 0.15) is 5.82 Å². The fraction of sp³-hybridized carbons (Fsp3) is 0.762. The molecular formula is C21H36ClN5O. The number of nitrogens with one attached hydrogen (secondary N) is 2. The summed E-state index contributed by atoms with van der Waals surface area (Å²) < 4.78 is 5.68. The van der Waals surface area contributed by atoms with E-state index < -0.39 is 0 Å². The summed E-state index contributed by atoms with van der Waals surface area (Å²) in [5.41, 5.74) is 1.28. The minimum absolute atomic E-state index is 0. The number of nitrogens with zero attached hydrogens (tertiary/aromatic N) is 3. The Bertz CT molecular complexity index is 573. The van der Waals surface area contributed by atoms with Gasteiger partial charge in [0.15, 0.2) is 0 Å². The molecular weight excluding hydrogens is 374 g/mol. The second kappa shape index (κ2) is 10.7. The normalized spacial score (nSPS) is 28.9. The molecule has 3 unspecified atom stereocenters. The predicted octanol–water partition coefficient (Wildman–Crippen LogP) is 1.89. The van der Waals surface area contributed by atoms with Crippen LogP contribution in [0.1, 0.15) is 31.7 Å². The van der Waals surface area contributed by atoms with Crippen LogP contribution < -0.4 is 15.5 Å². The Hall–Kier alpha value is -0.920. The van der Waals surface area contributed by atoms with Gasteiger partial charge < -0.3 is 25.2 Å². The van der Waals surface area contributed by atoms with Crippen LogP contribution >= 0.6 is 12.4 Å². The van der Waals surface area contributed by atoms with E-state index in [0.29, 0.717) is 18.0 Å². The van der Waals surface area contributed by atoms with E-state index in [-0.39, 0.29) is 12.4 Å². The fourth-order valence-corrected chi connectivity index (χ4v) is 4.83. The molecule has 0 bridgehead atoms. The molecule has 1 aliphatic carbocycles. The molecule has 0 radical (unpaired) electrons. The summed E-state index contributed by atoms with van der Waals surface area (Å²) in [5, 5.41) is 7.46. The molecule has 0 aromatic carbocycles. The molecule has 2 N–H and O–H groups in total. The summed E-state index contributed by atoms with van der Waals surface area (Å²) in [6.07, 6.45) is 5.96. The molecule has 1 saturated carbocycles. The van der Waals surface area contributed by atoms with Crippen molar-refractivity contribution in [1.29, 1.82) is 0 Å². The summed E-state index contributed by atoms with van der Waals surface area (Å²) in [4.78, 5) is 9.65. The van der Waals surface area contributed by atoms with Crippen LogP contribution in [0.4, 0.5) is 5.82 Å². The van der Waals surface area contributed by atoms with Crippen LogP contribution in [-0.4, -0.2) is 74.4 Å². The summed E-state index contributed by atoms with van der Waals surface area (Å²) in [7, 11) is 0. The average Bonchev–Trinajstić information content (AvgIpc) is 3.22. The van der Waals surface area contributed by atoms with Crippen molar-refractivity contribution in [3.05, 3.63) is 23.9 Å². The van der Waals surface area contributed by atoms with Crippen molar-refractivity contribution in [1.82, 2.24) is 20.5 Å². The van der Waals surface area contributed by atoms with Crippen LogP contribution in [0.15, 0.2) is 18.3 Å². The summed E-state index contributed by atoms with van der Waals surface area (Å²) in [5.74, 6) is 1.81. The standard InChI is InChI=1S/C21H35N5O.ClH/c1-2-25-9-11-26(12-10-25)21-7-6-17(15-24-21)14-23-19-5-3-4-18(19)20-16-27-13-8-22-20;/h6-7,15,18-20,22-23H,2-5,8-14,16H2,1H3;1H. The van der Waals surface area contributed by atoms with E-state index in [1.54, 1.807) is 0 Å². The van der Waals surface area contributed by atoms with Gasteiger partial charge in [-0.1, -0.05) is 19.4 Å². The zero-order valence-electron chi connectivity index (χ0n) is 17.1. The maximum Gasteiger partial charge on any atom is 0.128 e. The summed E-state index contributed by atoms with van der Waals surface area (Å²) >= 11 is 0. The van der Waals surface area contributed by atoms with E-state index in [2.05, 4.69) is 45.7 Å². The molecule has 6 nitrogen and oxygen atoms in total. The van der Waals surface area contributed by atoms with Crippen molar-refractivity contribution in [3.8, 4) is 0 Å². The minimum Gasteiger partial charge on any atom is -0.379 e. The third kappa shape index (κ3) is 5.36. The van der Waals surface area contributed by atoms with Gasteiger partial charge in [-0.05, 0) is 36.9 Å². The van der Waals surface area contributed by atoms with Gasteiger partial charge in [-0.2, -0.15) is 0 Å². The molecule has 3 aliphatic rings. The number of morpholine rings is 1. The van der Waals surface area contributed by atoms with Gasteiger partial charge in [-0.15, -0.1) is 12.4 Å². The highest BCUT2D eigenvalue weighted by molar-refractivity contribution is 5.85. The predicted molar refractivity (Wildman–Crippen MR) is 116 cm³/mol. The molecule has 7 heteroatoms. The van der Waals surface area contributed by atoms with Crippen LogP contribution in [0, 0.1) is 5.92 Å². The summed E-state index contributed by atoms with van der Waals surface area (Å²) in [6, 6.07) is 5.54. The van der Waals surface area contributed by atoms with Crippen LogP contribution in [0.5, 0.6) is 0 Å². The number of pyridine rings is 1. The highest BCUT2D eigenvalue weighted by Gasteiger charge is 2.34. The van der Waals surface area contributed by atoms with E-state index in [4.69, 9.17) is 9.72 Å². The zero-order valence-corrected chi connectivity index (χ0v) is 17.9. The number of piperazine rings is 1. The molecule has 1 aromatic rings. The Morgan fingerprint density at radius 3 is 2.75 bits per heavy atom. The molecule has 2 aliphatic heterocycles. The maximum atomic E-state index is 5.68. The van der Waals surface area contributed by atoms with Gasteiger partial charge in [0.05, 0.1) is 13.2 Å². The van der Waals surface area contributed by atoms with E-state index in [9.17, 15) is 0 Å². The number of hydrogen-bond acceptors (Lipinski definition) is 6. The van der Waals surface area contributed by atoms with E-state index in [1.807, 2.05) is 0 Å². The van der Waals surface area contributed by atoms with Crippen molar-refractivity contribution in [3.63, 3.8) is 0 Å². The molecule has 4 rings (SSSR count). The first-order chi connectivity index (χ1) is 13.3. The lowest BCUT2D eigenvalue weighted by atomic mass is 9.94. The van der Waals surface area contributed by atoms with Crippen LogP contribution in [0.3, 0.4) is 0 Å². The zero-order chi connectivity index (χ0) is 18.5. The van der Waals surface area contributed by atoms with E-state index >= 15 is 0 Å². The SMILES string of the molecule is CCN1CCN(c2ccc(CNC3CCCC3C3COCCN3)cn2)CC1.Cl. The molecule has 0 amide bonds. The second-order valence-corrected chi connectivity index (χ2v) is 8.16. The number of anilines is 1. The molecule has 2 saturated heterocycles. The van der Waals surface area contributed by atoms with Gasteiger partial charge in [0.25, 0.3) is 0 Å². The minimum atomic E-state index is 0. The lowest BCUT2D eigenvalue weighted by molar-refractivity contribution is 0.0524. The quantitative estimate of drug-likeness (QED) is 0.748. The van der Waals surface area contributed by atoms with Crippen molar-refractivity contribution < 1.29 is 4.74 Å². The van der Waals surface area contributed by atoms with Gasteiger partial charge in [0.2, 0.25) is 0 Å². The summed E-state index contributed by atoms with van der Waals surface area (Å²) in [6.45, 7) is 11.5. The number of likely N-dealkylation sites (N-methyl/N-ethyl adjacent to an activating group) is 1. The Kier molecular flexibility index (Phi) is 8.36. The molecule has 158 valence electrons. The third-order valence-electron chi connectivity index (χ3n) is 6.56. The average molecular weight is 410 g/mol. The molecule has 3 atom stereocenters. The molecule has 1 aromatic heterocycles. The van der Waals surface area contributed by atoms with Crippen molar-refractivity contribution in [2.75, 3.05) is 57.4 Å². The van der Waals surface area contributed by atoms with Crippen molar-refractivity contribution >= 4 is 18.2 Å². The lowest BCUT2D eigenvalue weighted by Crippen LogP contribution is -2.50. The number of halogens is 1. The highest BCUT2D eigenvalue weighted by atomic mass is 35.5. The molecule has 28 heavy (non-hydrogen) atoms. The largest absolute Gasteiger partial charge is 0.379 e. The monoisotopic (exact) mass is 409 g/mol. The number of rotatable bonds is 6. The first kappa shape index (κ1) is 21.8. The smallest absolute Gasteiger partial charge is 0.128 e. The first-order valence-corrected chi connectivity index (χ1v) is 10.8. The van der Waals surface area contributed by atoms with Gasteiger partial charge in [0, 0.05) is 57.5 Å². The number of ether oxygens (including phenoxy) is 1. The van der Waals surface area contributed by atoms with Gasteiger partial charge in [-0.25, -0.2) is 4.98 Å². The van der Waals surface area contributed by atoms with Crippen molar-refractivity contribution in [2.24, 2.45) is 5.92 Å². The molecule has 0 spiro atoms. The van der Waals surface area contributed by atoms with Gasteiger partial charge in [-0.3, -0.25) is 0 Å². The lowest BCUT2D eigenvalue weighted by Gasteiger charge is -2.34.